The predicted molar refractivity (Wildman–Crippen MR) is 51.8 cm³/mol. The van der Waals surface area contributed by atoms with E-state index in [1.165, 1.54) is 12.1 Å². The Kier molecular flexibility index (Phi) is 3.09. The summed E-state index contributed by atoms with van der Waals surface area (Å²) in [7, 11) is -3.92. The summed E-state index contributed by atoms with van der Waals surface area (Å²) in [5.74, 6) is -0.117. The zero-order chi connectivity index (χ0) is 10.8. The third-order valence-corrected chi connectivity index (χ3v) is 2.54. The molecule has 1 N–H and O–H groups in total. The van der Waals surface area contributed by atoms with Gasteiger partial charge in [-0.15, -0.1) is 0 Å². The largest absolute Gasteiger partial charge is 0.419 e. The van der Waals surface area contributed by atoms with Gasteiger partial charge in [0, 0.05) is 5.82 Å². The number of hydrogen-bond acceptors (Lipinski definition) is 2. The van der Waals surface area contributed by atoms with E-state index in [0.717, 1.165) is 5.82 Å². The van der Waals surface area contributed by atoms with Gasteiger partial charge in [0.25, 0.3) is 0 Å². The van der Waals surface area contributed by atoms with E-state index in [1.54, 1.807) is 13.0 Å². The van der Waals surface area contributed by atoms with E-state index < -0.39 is 13.4 Å². The fraction of sp³-hybridized carbons (Fsp3) is 0.111. The number of benzene rings is 1. The van der Waals surface area contributed by atoms with Crippen LogP contribution in [0.4, 0.5) is 4.39 Å². The van der Waals surface area contributed by atoms with E-state index in [2.05, 4.69) is 11.1 Å². The summed E-state index contributed by atoms with van der Waals surface area (Å²) < 4.78 is 28.9. The monoisotopic (exact) mass is 216 g/mol. The van der Waals surface area contributed by atoms with Crippen LogP contribution in [0.15, 0.2) is 30.6 Å². The normalized spacial score (nSPS) is 14.5. The third kappa shape index (κ3) is 2.44. The molecule has 0 aromatic heterocycles. The molecule has 0 aliphatic carbocycles. The molecule has 5 heteroatoms. The molecule has 0 saturated heterocycles. The average molecular weight is 216 g/mol. The number of rotatable bonds is 3. The fourth-order valence-corrected chi connectivity index (χ4v) is 1.37. The van der Waals surface area contributed by atoms with Gasteiger partial charge < -0.3 is 9.42 Å². The lowest BCUT2D eigenvalue weighted by Gasteiger charge is -2.10. The average Bonchev–Trinajstić information content (AvgIpc) is 2.13. The molecule has 76 valence electrons. The molecule has 1 aromatic rings. The van der Waals surface area contributed by atoms with E-state index in [0.29, 0.717) is 5.56 Å². The van der Waals surface area contributed by atoms with Gasteiger partial charge in [-0.2, -0.15) is 0 Å². The SMILES string of the molecule is C=CP(=O)(O)Oc1cccc(C)c1F. The highest BCUT2D eigenvalue weighted by molar-refractivity contribution is 7.56. The summed E-state index contributed by atoms with van der Waals surface area (Å²) in [5, 5.41) is 0. The van der Waals surface area contributed by atoms with Gasteiger partial charge in [-0.05, 0) is 18.6 Å². The standard InChI is InChI=1S/C9H10FO3P/c1-3-14(11,12)13-8-6-4-5-7(2)9(8)10/h3-6H,1H2,2H3,(H,11,12). The molecule has 0 aliphatic rings. The van der Waals surface area contributed by atoms with Crippen molar-refractivity contribution in [2.24, 2.45) is 0 Å². The maximum atomic E-state index is 13.3. The lowest BCUT2D eigenvalue weighted by Crippen LogP contribution is -1.93. The number of hydrogen-bond donors (Lipinski definition) is 1. The maximum Gasteiger partial charge on any atom is 0.400 e. The smallest absolute Gasteiger partial charge is 0.400 e. The zero-order valence-electron chi connectivity index (χ0n) is 7.61. The van der Waals surface area contributed by atoms with Crippen molar-refractivity contribution in [1.82, 2.24) is 0 Å². The van der Waals surface area contributed by atoms with Crippen LogP contribution in [0.2, 0.25) is 0 Å². The van der Waals surface area contributed by atoms with Gasteiger partial charge >= 0.3 is 7.60 Å². The van der Waals surface area contributed by atoms with Gasteiger partial charge in [0.2, 0.25) is 0 Å². The van der Waals surface area contributed by atoms with Crippen LogP contribution in [0, 0.1) is 12.7 Å². The van der Waals surface area contributed by atoms with E-state index in [1.807, 2.05) is 0 Å². The minimum absolute atomic E-state index is 0.240. The van der Waals surface area contributed by atoms with Crippen molar-refractivity contribution in [3.8, 4) is 5.75 Å². The van der Waals surface area contributed by atoms with E-state index in [-0.39, 0.29) is 5.75 Å². The molecule has 0 saturated carbocycles. The van der Waals surface area contributed by atoms with Crippen molar-refractivity contribution in [3.63, 3.8) is 0 Å². The summed E-state index contributed by atoms with van der Waals surface area (Å²) in [6.45, 7) is 4.66. The van der Waals surface area contributed by atoms with Gasteiger partial charge in [-0.3, -0.25) is 0 Å². The Bertz CT molecular complexity index is 403. The van der Waals surface area contributed by atoms with Crippen molar-refractivity contribution in [3.05, 3.63) is 42.0 Å². The second-order valence-corrected chi connectivity index (χ2v) is 4.40. The topological polar surface area (TPSA) is 46.5 Å². The summed E-state index contributed by atoms with van der Waals surface area (Å²) in [6, 6.07) is 4.37. The van der Waals surface area contributed by atoms with Crippen LogP contribution in [-0.2, 0) is 4.57 Å². The fourth-order valence-electron chi connectivity index (χ4n) is 0.869. The van der Waals surface area contributed by atoms with Crippen LogP contribution >= 0.6 is 7.60 Å². The molecular formula is C9H10FO3P. The first-order chi connectivity index (χ1) is 6.46. The van der Waals surface area contributed by atoms with E-state index >= 15 is 0 Å². The molecule has 1 rings (SSSR count). The molecule has 0 fully saturated rings. The highest BCUT2D eigenvalue weighted by atomic mass is 31.2. The first-order valence-electron chi connectivity index (χ1n) is 3.87. The minimum atomic E-state index is -3.92. The molecule has 1 atom stereocenters. The van der Waals surface area contributed by atoms with E-state index in [9.17, 15) is 8.96 Å². The predicted octanol–water partition coefficient (Wildman–Crippen LogP) is 2.84. The van der Waals surface area contributed by atoms with Crippen molar-refractivity contribution >= 4 is 7.60 Å². The molecule has 1 aromatic carbocycles. The van der Waals surface area contributed by atoms with Gasteiger partial charge in [-0.1, -0.05) is 18.7 Å². The Morgan fingerprint density at radius 3 is 2.86 bits per heavy atom. The van der Waals surface area contributed by atoms with Gasteiger partial charge in [0.1, 0.15) is 0 Å². The Morgan fingerprint density at radius 2 is 2.29 bits per heavy atom. The quantitative estimate of drug-likeness (QED) is 0.790. The molecule has 1 unspecified atom stereocenters. The molecule has 0 amide bonds. The second-order valence-electron chi connectivity index (χ2n) is 2.73. The maximum absolute atomic E-state index is 13.3. The number of aryl methyl sites for hydroxylation is 1. The van der Waals surface area contributed by atoms with Crippen molar-refractivity contribution < 1.29 is 18.4 Å². The Labute approximate surface area is 81.4 Å². The molecule has 0 radical (unpaired) electrons. The second kappa shape index (κ2) is 3.95. The Balaban J connectivity index is 3.04. The first-order valence-corrected chi connectivity index (χ1v) is 5.52. The molecule has 0 aliphatic heterocycles. The highest BCUT2D eigenvalue weighted by Crippen LogP contribution is 2.44. The molecular weight excluding hydrogens is 206 g/mol. The lowest BCUT2D eigenvalue weighted by molar-refractivity contribution is 0.381. The third-order valence-electron chi connectivity index (χ3n) is 1.62. The molecule has 0 heterocycles. The highest BCUT2D eigenvalue weighted by Gasteiger charge is 2.18. The molecule has 14 heavy (non-hydrogen) atoms. The van der Waals surface area contributed by atoms with Crippen LogP contribution in [0.25, 0.3) is 0 Å². The van der Waals surface area contributed by atoms with Crippen LogP contribution in [-0.4, -0.2) is 4.89 Å². The zero-order valence-corrected chi connectivity index (χ0v) is 8.50. The summed E-state index contributed by atoms with van der Waals surface area (Å²) in [5.41, 5.74) is 0.353. The van der Waals surface area contributed by atoms with Crippen LogP contribution in [0.3, 0.4) is 0 Å². The van der Waals surface area contributed by atoms with Crippen molar-refractivity contribution in [2.45, 2.75) is 6.92 Å². The summed E-state index contributed by atoms with van der Waals surface area (Å²) >= 11 is 0. The lowest BCUT2D eigenvalue weighted by atomic mass is 10.2. The van der Waals surface area contributed by atoms with Crippen molar-refractivity contribution in [2.75, 3.05) is 0 Å². The summed E-state index contributed by atoms with van der Waals surface area (Å²) in [6.07, 6.45) is 0. The van der Waals surface area contributed by atoms with E-state index in [4.69, 9.17) is 4.89 Å². The van der Waals surface area contributed by atoms with Gasteiger partial charge in [0.15, 0.2) is 11.6 Å². The Morgan fingerprint density at radius 1 is 1.64 bits per heavy atom. The van der Waals surface area contributed by atoms with Gasteiger partial charge in [0.05, 0.1) is 0 Å². The van der Waals surface area contributed by atoms with Crippen molar-refractivity contribution in [1.29, 1.82) is 0 Å². The van der Waals surface area contributed by atoms with Crippen LogP contribution < -0.4 is 4.52 Å². The molecule has 0 spiro atoms. The minimum Gasteiger partial charge on any atom is -0.419 e. The number of halogens is 1. The van der Waals surface area contributed by atoms with Gasteiger partial charge in [-0.25, -0.2) is 8.96 Å². The molecule has 3 nitrogen and oxygen atoms in total. The van der Waals surface area contributed by atoms with Crippen LogP contribution in [0.1, 0.15) is 5.56 Å². The molecule has 0 bridgehead atoms. The Hall–Kier alpha value is -1.12. The first kappa shape index (κ1) is 11.0. The summed E-state index contributed by atoms with van der Waals surface area (Å²) in [4.78, 5) is 9.04. The van der Waals surface area contributed by atoms with Crippen LogP contribution in [0.5, 0.6) is 5.75 Å².